The van der Waals surface area contributed by atoms with Gasteiger partial charge in [0.2, 0.25) is 0 Å². The molecule has 0 radical (unpaired) electrons. The first-order chi connectivity index (χ1) is 10.8. The molecule has 2 heteroatoms. The summed E-state index contributed by atoms with van der Waals surface area (Å²) in [6, 6.07) is 21.2. The van der Waals surface area contributed by atoms with Crippen LogP contribution in [0.4, 0.5) is 0 Å². The Kier molecular flexibility index (Phi) is 4.40. The summed E-state index contributed by atoms with van der Waals surface area (Å²) in [5.41, 5.74) is 4.94. The standard InChI is InChI=1S/C20H21NO/c1-15(14-21-2)16-5-7-17(8-6-16)18-9-11-19(12-10-18)20-4-3-13-22-20/h3-13,15,21H,14H2,1-2H3. The largest absolute Gasteiger partial charge is 0.464 e. The topological polar surface area (TPSA) is 25.2 Å². The zero-order chi connectivity index (χ0) is 15.4. The van der Waals surface area contributed by atoms with E-state index >= 15 is 0 Å². The minimum Gasteiger partial charge on any atom is -0.464 e. The molecule has 0 saturated carbocycles. The summed E-state index contributed by atoms with van der Waals surface area (Å²) < 4.78 is 5.42. The highest BCUT2D eigenvalue weighted by Gasteiger charge is 2.05. The summed E-state index contributed by atoms with van der Waals surface area (Å²) in [6.45, 7) is 3.24. The summed E-state index contributed by atoms with van der Waals surface area (Å²) in [5, 5.41) is 3.22. The van der Waals surface area contributed by atoms with Crippen molar-refractivity contribution in [3.05, 3.63) is 72.5 Å². The molecule has 1 N–H and O–H groups in total. The maximum Gasteiger partial charge on any atom is 0.133 e. The highest BCUT2D eigenvalue weighted by molar-refractivity contribution is 5.68. The van der Waals surface area contributed by atoms with Crippen molar-refractivity contribution >= 4 is 0 Å². The lowest BCUT2D eigenvalue weighted by Gasteiger charge is -2.12. The molecule has 2 nitrogen and oxygen atoms in total. The molecule has 0 aliphatic heterocycles. The molecule has 0 saturated heterocycles. The Hall–Kier alpha value is -2.32. The maximum atomic E-state index is 5.42. The minimum atomic E-state index is 0.528. The molecule has 1 atom stereocenters. The molecule has 0 spiro atoms. The van der Waals surface area contributed by atoms with Gasteiger partial charge in [-0.2, -0.15) is 0 Å². The lowest BCUT2D eigenvalue weighted by atomic mass is 9.97. The Morgan fingerprint density at radius 3 is 2.00 bits per heavy atom. The van der Waals surface area contributed by atoms with Crippen LogP contribution in [0.25, 0.3) is 22.5 Å². The molecular weight excluding hydrogens is 270 g/mol. The first kappa shape index (κ1) is 14.6. The summed E-state index contributed by atoms with van der Waals surface area (Å²) in [4.78, 5) is 0. The molecule has 0 bridgehead atoms. The van der Waals surface area contributed by atoms with Crippen molar-refractivity contribution in [2.24, 2.45) is 0 Å². The van der Waals surface area contributed by atoms with E-state index in [0.717, 1.165) is 17.9 Å². The predicted octanol–water partition coefficient (Wildman–Crippen LogP) is 4.94. The Morgan fingerprint density at radius 1 is 0.864 bits per heavy atom. The third-order valence-corrected chi connectivity index (χ3v) is 4.01. The molecule has 0 fully saturated rings. The first-order valence-corrected chi connectivity index (χ1v) is 7.67. The van der Waals surface area contributed by atoms with Gasteiger partial charge in [-0.05, 0) is 41.8 Å². The van der Waals surface area contributed by atoms with E-state index in [1.165, 1.54) is 16.7 Å². The quantitative estimate of drug-likeness (QED) is 0.720. The second-order valence-corrected chi connectivity index (χ2v) is 5.64. The van der Waals surface area contributed by atoms with Crippen LogP contribution in [-0.2, 0) is 0 Å². The number of hydrogen-bond acceptors (Lipinski definition) is 2. The third kappa shape index (κ3) is 3.12. The number of furan rings is 1. The Balaban J connectivity index is 1.79. The van der Waals surface area contributed by atoms with Crippen LogP contribution in [-0.4, -0.2) is 13.6 Å². The Labute approximate surface area is 131 Å². The highest BCUT2D eigenvalue weighted by Crippen LogP contribution is 2.26. The van der Waals surface area contributed by atoms with Crippen molar-refractivity contribution in [2.75, 3.05) is 13.6 Å². The van der Waals surface area contributed by atoms with E-state index in [1.54, 1.807) is 6.26 Å². The maximum absolute atomic E-state index is 5.42. The van der Waals surface area contributed by atoms with Crippen molar-refractivity contribution in [3.8, 4) is 22.5 Å². The van der Waals surface area contributed by atoms with E-state index in [4.69, 9.17) is 4.42 Å². The molecule has 0 amide bonds. The molecule has 2 aromatic carbocycles. The van der Waals surface area contributed by atoms with Crippen LogP contribution in [0.5, 0.6) is 0 Å². The van der Waals surface area contributed by atoms with Gasteiger partial charge in [0.15, 0.2) is 0 Å². The van der Waals surface area contributed by atoms with Gasteiger partial charge in [0.1, 0.15) is 5.76 Å². The van der Waals surface area contributed by atoms with Crippen molar-refractivity contribution in [3.63, 3.8) is 0 Å². The van der Waals surface area contributed by atoms with Gasteiger partial charge in [0, 0.05) is 12.1 Å². The van der Waals surface area contributed by atoms with Gasteiger partial charge in [0.25, 0.3) is 0 Å². The number of rotatable bonds is 5. The lowest BCUT2D eigenvalue weighted by molar-refractivity contribution is 0.582. The fourth-order valence-electron chi connectivity index (χ4n) is 2.70. The zero-order valence-corrected chi connectivity index (χ0v) is 13.0. The average Bonchev–Trinajstić information content (AvgIpc) is 3.10. The average molecular weight is 291 g/mol. The Bertz CT molecular complexity index is 696. The van der Waals surface area contributed by atoms with Crippen molar-refractivity contribution < 1.29 is 4.42 Å². The van der Waals surface area contributed by atoms with E-state index in [2.05, 4.69) is 60.8 Å². The number of hydrogen-bond donors (Lipinski definition) is 1. The number of likely N-dealkylation sites (N-methyl/N-ethyl adjacent to an activating group) is 1. The van der Waals surface area contributed by atoms with Gasteiger partial charge in [-0.25, -0.2) is 0 Å². The van der Waals surface area contributed by atoms with Gasteiger partial charge in [-0.3, -0.25) is 0 Å². The van der Waals surface area contributed by atoms with Gasteiger partial charge in [-0.1, -0.05) is 55.5 Å². The van der Waals surface area contributed by atoms with E-state index in [1.807, 2.05) is 19.2 Å². The number of benzene rings is 2. The van der Waals surface area contributed by atoms with Crippen LogP contribution in [0.1, 0.15) is 18.4 Å². The second-order valence-electron chi connectivity index (χ2n) is 5.64. The molecule has 0 aliphatic carbocycles. The zero-order valence-electron chi connectivity index (χ0n) is 13.0. The van der Waals surface area contributed by atoms with Crippen LogP contribution in [0.2, 0.25) is 0 Å². The summed E-state index contributed by atoms with van der Waals surface area (Å²) in [6.07, 6.45) is 1.70. The van der Waals surface area contributed by atoms with Crippen molar-refractivity contribution in [1.82, 2.24) is 5.32 Å². The molecule has 0 aliphatic rings. The fraction of sp³-hybridized carbons (Fsp3) is 0.200. The first-order valence-electron chi connectivity index (χ1n) is 7.67. The van der Waals surface area contributed by atoms with Crippen molar-refractivity contribution in [2.45, 2.75) is 12.8 Å². The van der Waals surface area contributed by atoms with Crippen molar-refractivity contribution in [1.29, 1.82) is 0 Å². The van der Waals surface area contributed by atoms with Gasteiger partial charge in [0.05, 0.1) is 6.26 Å². The molecular formula is C20H21NO. The predicted molar refractivity (Wildman–Crippen MR) is 91.9 cm³/mol. The normalized spacial score (nSPS) is 12.3. The lowest BCUT2D eigenvalue weighted by Crippen LogP contribution is -2.14. The molecule has 3 aromatic rings. The van der Waals surface area contributed by atoms with E-state index in [-0.39, 0.29) is 0 Å². The van der Waals surface area contributed by atoms with E-state index in [9.17, 15) is 0 Å². The van der Waals surface area contributed by atoms with Gasteiger partial charge < -0.3 is 9.73 Å². The van der Waals surface area contributed by atoms with Crippen LogP contribution >= 0.6 is 0 Å². The van der Waals surface area contributed by atoms with E-state index < -0.39 is 0 Å². The fourth-order valence-corrected chi connectivity index (χ4v) is 2.70. The monoisotopic (exact) mass is 291 g/mol. The van der Waals surface area contributed by atoms with Crippen LogP contribution in [0.15, 0.2) is 71.3 Å². The molecule has 22 heavy (non-hydrogen) atoms. The summed E-state index contributed by atoms with van der Waals surface area (Å²) in [5.74, 6) is 1.43. The van der Waals surface area contributed by atoms with Crippen LogP contribution < -0.4 is 5.32 Å². The molecule has 1 unspecified atom stereocenters. The molecule has 112 valence electrons. The summed E-state index contributed by atoms with van der Waals surface area (Å²) in [7, 11) is 1.99. The molecule has 1 aromatic heterocycles. The third-order valence-electron chi connectivity index (χ3n) is 4.01. The smallest absolute Gasteiger partial charge is 0.133 e. The Morgan fingerprint density at radius 2 is 1.45 bits per heavy atom. The SMILES string of the molecule is CNCC(C)c1ccc(-c2ccc(-c3ccco3)cc2)cc1. The van der Waals surface area contributed by atoms with Crippen LogP contribution in [0.3, 0.4) is 0 Å². The second kappa shape index (κ2) is 6.63. The minimum absolute atomic E-state index is 0.528. The van der Waals surface area contributed by atoms with E-state index in [0.29, 0.717) is 5.92 Å². The number of nitrogens with one attached hydrogen (secondary N) is 1. The highest BCUT2D eigenvalue weighted by atomic mass is 16.3. The van der Waals surface area contributed by atoms with Gasteiger partial charge >= 0.3 is 0 Å². The molecule has 1 heterocycles. The van der Waals surface area contributed by atoms with Gasteiger partial charge in [-0.15, -0.1) is 0 Å². The molecule has 3 rings (SSSR count). The summed E-state index contributed by atoms with van der Waals surface area (Å²) >= 11 is 0. The van der Waals surface area contributed by atoms with Crippen LogP contribution in [0, 0.1) is 0 Å².